The molecule has 132 valence electrons. The molecule has 0 bridgehead atoms. The lowest BCUT2D eigenvalue weighted by molar-refractivity contribution is 0.0951. The van der Waals surface area contributed by atoms with Crippen LogP contribution in [0.1, 0.15) is 41.0 Å². The third kappa shape index (κ3) is 3.75. The van der Waals surface area contributed by atoms with Gasteiger partial charge in [-0.05, 0) is 43.9 Å². The van der Waals surface area contributed by atoms with Gasteiger partial charge >= 0.3 is 0 Å². The topological polar surface area (TPSA) is 79.4 Å². The summed E-state index contributed by atoms with van der Waals surface area (Å²) in [5.41, 5.74) is 0.387. The Morgan fingerprint density at radius 3 is 2.72 bits per heavy atom. The summed E-state index contributed by atoms with van der Waals surface area (Å²) in [6, 6.07) is 6.57. The molecule has 0 radical (unpaired) electrons. The molecule has 2 saturated carbocycles. The average molecular weight is 377 g/mol. The molecule has 2 aromatic rings. The number of hydrogen-bond donors (Lipinski definition) is 1. The summed E-state index contributed by atoms with van der Waals surface area (Å²) < 4.78 is 27.8. The van der Waals surface area contributed by atoms with Crippen LogP contribution in [-0.2, 0) is 16.6 Å². The molecule has 2 fully saturated rings. The smallest absolute Gasteiger partial charge is 0.251 e. The number of thiazole rings is 1. The number of carbonyl (C=O) groups excluding carboxylic acids is 1. The molecule has 1 amide bonds. The maximum Gasteiger partial charge on any atom is 0.251 e. The number of benzene rings is 1. The van der Waals surface area contributed by atoms with Gasteiger partial charge in [-0.3, -0.25) is 4.79 Å². The molecule has 1 N–H and O–H groups in total. The monoisotopic (exact) mass is 377 g/mol. The van der Waals surface area contributed by atoms with Crippen LogP contribution in [0.3, 0.4) is 0 Å². The van der Waals surface area contributed by atoms with E-state index in [1.165, 1.54) is 21.7 Å². The zero-order valence-corrected chi connectivity index (χ0v) is 15.2. The Labute approximate surface area is 150 Å². The van der Waals surface area contributed by atoms with Gasteiger partial charge in [-0.15, -0.1) is 11.3 Å². The van der Waals surface area contributed by atoms with Crippen LogP contribution >= 0.6 is 11.3 Å². The Morgan fingerprint density at radius 2 is 2.08 bits per heavy atom. The predicted molar refractivity (Wildman–Crippen MR) is 94.8 cm³/mol. The molecule has 0 atom stereocenters. The Bertz CT molecular complexity index is 872. The lowest BCUT2D eigenvalue weighted by Gasteiger charge is -2.21. The molecule has 1 aromatic carbocycles. The van der Waals surface area contributed by atoms with Gasteiger partial charge in [-0.1, -0.05) is 6.07 Å². The molecule has 1 heterocycles. The second-order valence-corrected chi connectivity index (χ2v) is 9.35. The molecule has 8 heteroatoms. The van der Waals surface area contributed by atoms with Crippen molar-refractivity contribution < 1.29 is 13.2 Å². The number of rotatable bonds is 7. The van der Waals surface area contributed by atoms with E-state index in [1.54, 1.807) is 24.4 Å². The van der Waals surface area contributed by atoms with Crippen LogP contribution in [0.25, 0.3) is 0 Å². The number of nitrogens with one attached hydrogen (secondary N) is 1. The molecule has 0 spiro atoms. The highest BCUT2D eigenvalue weighted by Crippen LogP contribution is 2.34. The summed E-state index contributed by atoms with van der Waals surface area (Å²) in [6.07, 6.45) is 5.40. The van der Waals surface area contributed by atoms with E-state index >= 15 is 0 Å². The van der Waals surface area contributed by atoms with Gasteiger partial charge in [0.1, 0.15) is 5.01 Å². The molecule has 0 saturated heterocycles. The maximum absolute atomic E-state index is 13.1. The zero-order valence-electron chi connectivity index (χ0n) is 13.6. The molecule has 4 rings (SSSR count). The van der Waals surface area contributed by atoms with E-state index in [4.69, 9.17) is 0 Å². The van der Waals surface area contributed by atoms with Crippen molar-refractivity contribution in [1.29, 1.82) is 0 Å². The van der Waals surface area contributed by atoms with Crippen molar-refractivity contribution in [3.63, 3.8) is 0 Å². The lowest BCUT2D eigenvalue weighted by Crippen LogP contribution is -2.33. The normalized spacial score (nSPS) is 17.6. The fraction of sp³-hybridized carbons (Fsp3) is 0.412. The van der Waals surface area contributed by atoms with Crippen molar-refractivity contribution in [2.45, 2.75) is 49.2 Å². The fourth-order valence-electron chi connectivity index (χ4n) is 2.67. The third-order valence-corrected chi connectivity index (χ3v) is 7.00. The SMILES string of the molecule is O=C(NC1CC1)c1cccc(S(=O)(=O)N(Cc2nccs2)C2CC2)c1. The molecule has 1 aromatic heterocycles. The largest absolute Gasteiger partial charge is 0.349 e. The van der Waals surface area contributed by atoms with Crippen molar-refractivity contribution in [3.05, 3.63) is 46.4 Å². The van der Waals surface area contributed by atoms with Gasteiger partial charge in [0.2, 0.25) is 10.0 Å². The summed E-state index contributed by atoms with van der Waals surface area (Å²) in [5, 5.41) is 5.51. The third-order valence-electron chi connectivity index (χ3n) is 4.34. The van der Waals surface area contributed by atoms with E-state index in [-0.39, 0.29) is 29.4 Å². The highest BCUT2D eigenvalue weighted by molar-refractivity contribution is 7.89. The van der Waals surface area contributed by atoms with Crippen LogP contribution in [-0.4, -0.2) is 35.7 Å². The van der Waals surface area contributed by atoms with Crippen LogP contribution in [0, 0.1) is 0 Å². The maximum atomic E-state index is 13.1. The molecule has 25 heavy (non-hydrogen) atoms. The van der Waals surface area contributed by atoms with E-state index in [1.807, 2.05) is 5.38 Å². The minimum atomic E-state index is -3.66. The van der Waals surface area contributed by atoms with E-state index < -0.39 is 10.0 Å². The highest BCUT2D eigenvalue weighted by Gasteiger charge is 2.38. The van der Waals surface area contributed by atoms with Gasteiger partial charge in [0.15, 0.2) is 0 Å². The molecular formula is C17H19N3O3S2. The minimum Gasteiger partial charge on any atom is -0.349 e. The molecule has 2 aliphatic rings. The van der Waals surface area contributed by atoms with E-state index in [0.717, 1.165) is 30.7 Å². The van der Waals surface area contributed by atoms with Crippen molar-refractivity contribution >= 4 is 27.3 Å². The summed E-state index contributed by atoms with van der Waals surface area (Å²) in [5.74, 6) is -0.211. The molecule has 0 unspecified atom stereocenters. The van der Waals surface area contributed by atoms with Crippen molar-refractivity contribution in [2.24, 2.45) is 0 Å². The van der Waals surface area contributed by atoms with Crippen LogP contribution < -0.4 is 5.32 Å². The quantitative estimate of drug-likeness (QED) is 0.803. The van der Waals surface area contributed by atoms with E-state index in [2.05, 4.69) is 10.3 Å². The number of hydrogen-bond acceptors (Lipinski definition) is 5. The van der Waals surface area contributed by atoms with Gasteiger partial charge in [-0.2, -0.15) is 4.31 Å². The van der Waals surface area contributed by atoms with Gasteiger partial charge in [0.05, 0.1) is 11.4 Å². The van der Waals surface area contributed by atoms with Crippen LogP contribution in [0.4, 0.5) is 0 Å². The molecular weight excluding hydrogens is 358 g/mol. The Balaban J connectivity index is 1.60. The number of nitrogens with zero attached hydrogens (tertiary/aromatic N) is 2. The summed E-state index contributed by atoms with van der Waals surface area (Å²) in [7, 11) is -3.66. The lowest BCUT2D eigenvalue weighted by atomic mass is 10.2. The standard InChI is InChI=1S/C17H19N3O3S2/c21-17(19-13-4-5-13)12-2-1-3-15(10-12)25(22,23)20(14-6-7-14)11-16-18-8-9-24-16/h1-3,8-10,13-14H,4-7,11H2,(H,19,21). The number of aromatic nitrogens is 1. The van der Waals surface area contributed by atoms with Crippen LogP contribution in [0.15, 0.2) is 40.7 Å². The molecule has 6 nitrogen and oxygen atoms in total. The molecule has 0 aliphatic heterocycles. The Morgan fingerprint density at radius 1 is 1.28 bits per heavy atom. The van der Waals surface area contributed by atoms with E-state index in [0.29, 0.717) is 5.56 Å². The van der Waals surface area contributed by atoms with Gasteiger partial charge in [0, 0.05) is 29.2 Å². The predicted octanol–water partition coefficient (Wildman–Crippen LogP) is 2.39. The first kappa shape index (κ1) is 16.7. The second-order valence-electron chi connectivity index (χ2n) is 6.48. The first-order chi connectivity index (χ1) is 12.0. The Hall–Kier alpha value is -1.77. The van der Waals surface area contributed by atoms with Crippen LogP contribution in [0.5, 0.6) is 0 Å². The van der Waals surface area contributed by atoms with Gasteiger partial charge < -0.3 is 5.32 Å². The van der Waals surface area contributed by atoms with Crippen LogP contribution in [0.2, 0.25) is 0 Å². The first-order valence-electron chi connectivity index (χ1n) is 8.35. The summed E-state index contributed by atoms with van der Waals surface area (Å²) in [4.78, 5) is 16.6. The van der Waals surface area contributed by atoms with Crippen molar-refractivity contribution in [1.82, 2.24) is 14.6 Å². The van der Waals surface area contributed by atoms with Crippen molar-refractivity contribution in [3.8, 4) is 0 Å². The highest BCUT2D eigenvalue weighted by atomic mass is 32.2. The number of amides is 1. The van der Waals surface area contributed by atoms with Gasteiger partial charge in [0.25, 0.3) is 5.91 Å². The number of carbonyl (C=O) groups is 1. The van der Waals surface area contributed by atoms with Crippen molar-refractivity contribution in [2.75, 3.05) is 0 Å². The van der Waals surface area contributed by atoms with E-state index in [9.17, 15) is 13.2 Å². The second kappa shape index (κ2) is 6.51. The minimum absolute atomic E-state index is 0.0258. The first-order valence-corrected chi connectivity index (χ1v) is 10.7. The summed E-state index contributed by atoms with van der Waals surface area (Å²) in [6.45, 7) is 0.281. The van der Waals surface area contributed by atoms with Gasteiger partial charge in [-0.25, -0.2) is 13.4 Å². The summed E-state index contributed by atoms with van der Waals surface area (Å²) >= 11 is 1.45. The fourth-order valence-corrected chi connectivity index (χ4v) is 5.06. The molecule has 2 aliphatic carbocycles. The average Bonchev–Trinajstić information content (AvgIpc) is 3.54. The number of sulfonamides is 1. The zero-order chi connectivity index (χ0) is 17.4. The Kier molecular flexibility index (Phi) is 4.35.